The van der Waals surface area contributed by atoms with E-state index in [-0.39, 0.29) is 0 Å². The first kappa shape index (κ1) is 8.89. The number of hydrogen-bond donors (Lipinski definition) is 2. The zero-order chi connectivity index (χ0) is 10.3. The van der Waals surface area contributed by atoms with Gasteiger partial charge in [0.15, 0.2) is 0 Å². The Morgan fingerprint density at radius 2 is 2.00 bits per heavy atom. The van der Waals surface area contributed by atoms with Crippen LogP contribution in [-0.4, -0.2) is 20.2 Å². The molecule has 1 spiro atoms. The van der Waals surface area contributed by atoms with Crippen molar-refractivity contribution >= 4 is 11.4 Å². The van der Waals surface area contributed by atoms with Crippen LogP contribution < -0.4 is 15.4 Å². The van der Waals surface area contributed by atoms with Crippen LogP contribution in [0.15, 0.2) is 18.2 Å². The lowest BCUT2D eigenvalue weighted by molar-refractivity contribution is 0.416. The van der Waals surface area contributed by atoms with Gasteiger partial charge in [0.2, 0.25) is 0 Å². The average Bonchev–Trinajstić information content (AvgIpc) is 3.07. The highest BCUT2D eigenvalue weighted by Gasteiger charge is 2.43. The zero-order valence-corrected chi connectivity index (χ0v) is 8.97. The highest BCUT2D eigenvalue weighted by atomic mass is 16.5. The summed E-state index contributed by atoms with van der Waals surface area (Å²) < 4.78 is 5.35. The molecule has 15 heavy (non-hydrogen) atoms. The fourth-order valence-corrected chi connectivity index (χ4v) is 2.18. The maximum atomic E-state index is 5.35. The molecular weight excluding hydrogens is 188 g/mol. The van der Waals surface area contributed by atoms with Crippen LogP contribution in [0.4, 0.5) is 11.4 Å². The topological polar surface area (TPSA) is 33.3 Å². The van der Waals surface area contributed by atoms with E-state index < -0.39 is 0 Å². The number of fused-ring (bicyclic) bond motifs is 1. The summed E-state index contributed by atoms with van der Waals surface area (Å²) in [6.45, 7) is 2.15. The Morgan fingerprint density at radius 1 is 1.20 bits per heavy atom. The number of hydrogen-bond acceptors (Lipinski definition) is 3. The minimum Gasteiger partial charge on any atom is -0.495 e. The first-order valence-corrected chi connectivity index (χ1v) is 5.48. The van der Waals surface area contributed by atoms with Gasteiger partial charge in [-0.15, -0.1) is 0 Å². The molecule has 1 aromatic rings. The number of rotatable bonds is 1. The van der Waals surface area contributed by atoms with Crippen molar-refractivity contribution in [2.75, 3.05) is 30.8 Å². The van der Waals surface area contributed by atoms with Gasteiger partial charge >= 0.3 is 0 Å². The number of nitrogens with one attached hydrogen (secondary N) is 2. The molecule has 80 valence electrons. The fraction of sp³-hybridized carbons (Fsp3) is 0.500. The first-order valence-electron chi connectivity index (χ1n) is 5.48. The monoisotopic (exact) mass is 204 g/mol. The van der Waals surface area contributed by atoms with Gasteiger partial charge in [-0.25, -0.2) is 0 Å². The molecule has 0 atom stereocenters. The molecule has 0 radical (unpaired) electrons. The van der Waals surface area contributed by atoms with E-state index in [0.717, 1.165) is 30.2 Å². The van der Waals surface area contributed by atoms with Gasteiger partial charge in [-0.2, -0.15) is 0 Å². The maximum absolute atomic E-state index is 5.35. The summed E-state index contributed by atoms with van der Waals surface area (Å²) in [6.07, 6.45) is 2.67. The lowest BCUT2D eigenvalue weighted by Gasteiger charge is -2.12. The summed E-state index contributed by atoms with van der Waals surface area (Å²) in [5.41, 5.74) is 2.78. The van der Waals surface area contributed by atoms with Crippen molar-refractivity contribution in [1.29, 1.82) is 0 Å². The van der Waals surface area contributed by atoms with Crippen molar-refractivity contribution in [1.82, 2.24) is 0 Å². The van der Waals surface area contributed by atoms with E-state index >= 15 is 0 Å². The van der Waals surface area contributed by atoms with Crippen LogP contribution in [-0.2, 0) is 0 Å². The van der Waals surface area contributed by atoms with Crippen LogP contribution in [0, 0.1) is 5.41 Å². The predicted octanol–water partition coefficient (Wildman–Crippen LogP) is 2.31. The molecule has 0 unspecified atom stereocenters. The lowest BCUT2D eigenvalue weighted by Crippen LogP contribution is -2.19. The molecule has 1 aliphatic heterocycles. The van der Waals surface area contributed by atoms with Crippen molar-refractivity contribution in [3.05, 3.63) is 18.2 Å². The lowest BCUT2D eigenvalue weighted by atomic mass is 10.1. The minimum absolute atomic E-state index is 0.504. The zero-order valence-electron chi connectivity index (χ0n) is 8.97. The van der Waals surface area contributed by atoms with Gasteiger partial charge in [0.1, 0.15) is 11.4 Å². The van der Waals surface area contributed by atoms with E-state index in [2.05, 4.69) is 16.7 Å². The molecule has 2 N–H and O–H groups in total. The number of anilines is 2. The summed E-state index contributed by atoms with van der Waals surface area (Å²) in [7, 11) is 1.72. The Hall–Kier alpha value is -1.38. The van der Waals surface area contributed by atoms with Gasteiger partial charge in [0, 0.05) is 18.5 Å². The summed E-state index contributed by atoms with van der Waals surface area (Å²) in [6, 6.07) is 6.13. The van der Waals surface area contributed by atoms with Crippen molar-refractivity contribution in [3.63, 3.8) is 0 Å². The number of ether oxygens (including phenoxy) is 1. The summed E-state index contributed by atoms with van der Waals surface area (Å²) in [4.78, 5) is 0. The second-order valence-corrected chi connectivity index (χ2v) is 4.59. The Bertz CT molecular complexity index is 385. The smallest absolute Gasteiger partial charge is 0.144 e. The van der Waals surface area contributed by atoms with E-state index in [1.54, 1.807) is 7.11 Å². The van der Waals surface area contributed by atoms with Crippen molar-refractivity contribution < 1.29 is 4.74 Å². The highest BCUT2D eigenvalue weighted by Crippen LogP contribution is 2.48. The molecule has 1 saturated carbocycles. The Labute approximate surface area is 89.8 Å². The normalized spacial score (nSPS) is 20.9. The molecule has 0 amide bonds. The van der Waals surface area contributed by atoms with Crippen LogP contribution in [0.1, 0.15) is 12.8 Å². The third-order valence-corrected chi connectivity index (χ3v) is 3.50. The average molecular weight is 204 g/mol. The number of benzene rings is 1. The predicted molar refractivity (Wildman–Crippen MR) is 61.6 cm³/mol. The Balaban J connectivity index is 1.95. The summed E-state index contributed by atoms with van der Waals surface area (Å²) in [5, 5.41) is 7.02. The molecule has 2 aliphatic rings. The third-order valence-electron chi connectivity index (χ3n) is 3.50. The minimum atomic E-state index is 0.504. The fourth-order valence-electron chi connectivity index (χ4n) is 2.18. The summed E-state index contributed by atoms with van der Waals surface area (Å²) >= 11 is 0. The quantitative estimate of drug-likeness (QED) is 0.736. The SMILES string of the molecule is COc1cccc2c1NCC1(CC1)CN2. The number of methoxy groups -OCH3 is 1. The van der Waals surface area contributed by atoms with Crippen LogP contribution in [0.3, 0.4) is 0 Å². The van der Waals surface area contributed by atoms with Crippen LogP contribution in [0.2, 0.25) is 0 Å². The highest BCUT2D eigenvalue weighted by molar-refractivity contribution is 5.76. The molecule has 1 aromatic carbocycles. The van der Waals surface area contributed by atoms with Gasteiger partial charge in [0.05, 0.1) is 12.8 Å². The Kier molecular flexibility index (Phi) is 1.81. The van der Waals surface area contributed by atoms with Gasteiger partial charge in [-0.1, -0.05) is 6.07 Å². The molecule has 1 heterocycles. The molecule has 1 fully saturated rings. The molecular formula is C12H16N2O. The largest absolute Gasteiger partial charge is 0.495 e. The number of para-hydroxylation sites is 1. The van der Waals surface area contributed by atoms with Gasteiger partial charge in [0.25, 0.3) is 0 Å². The molecule has 0 bridgehead atoms. The molecule has 3 nitrogen and oxygen atoms in total. The van der Waals surface area contributed by atoms with Crippen molar-refractivity contribution in [2.24, 2.45) is 5.41 Å². The summed E-state index contributed by atoms with van der Waals surface area (Å²) in [5.74, 6) is 0.928. The Morgan fingerprint density at radius 3 is 2.73 bits per heavy atom. The first-order chi connectivity index (χ1) is 7.33. The standard InChI is InChI=1S/C12H16N2O/c1-15-10-4-2-3-9-11(10)14-8-12(5-6-12)7-13-9/h2-4,13-14H,5-8H2,1H3. The van der Waals surface area contributed by atoms with E-state index in [1.165, 1.54) is 12.8 Å². The van der Waals surface area contributed by atoms with Crippen LogP contribution >= 0.6 is 0 Å². The molecule has 1 aliphatic carbocycles. The molecule has 3 heteroatoms. The van der Waals surface area contributed by atoms with Crippen LogP contribution in [0.25, 0.3) is 0 Å². The molecule has 0 aromatic heterocycles. The van der Waals surface area contributed by atoms with E-state index in [4.69, 9.17) is 4.74 Å². The van der Waals surface area contributed by atoms with E-state index in [0.29, 0.717) is 5.41 Å². The van der Waals surface area contributed by atoms with Crippen molar-refractivity contribution in [3.8, 4) is 5.75 Å². The second-order valence-electron chi connectivity index (χ2n) is 4.59. The van der Waals surface area contributed by atoms with Gasteiger partial charge in [-0.3, -0.25) is 0 Å². The van der Waals surface area contributed by atoms with E-state index in [1.807, 2.05) is 12.1 Å². The third kappa shape index (κ3) is 1.42. The second kappa shape index (κ2) is 3.05. The van der Waals surface area contributed by atoms with E-state index in [9.17, 15) is 0 Å². The maximum Gasteiger partial charge on any atom is 0.144 e. The molecule has 0 saturated heterocycles. The van der Waals surface area contributed by atoms with Crippen LogP contribution in [0.5, 0.6) is 5.75 Å². The van der Waals surface area contributed by atoms with Gasteiger partial charge in [-0.05, 0) is 25.0 Å². The molecule has 3 rings (SSSR count). The van der Waals surface area contributed by atoms with Gasteiger partial charge < -0.3 is 15.4 Å². The van der Waals surface area contributed by atoms with Crippen molar-refractivity contribution in [2.45, 2.75) is 12.8 Å².